The fourth-order valence-electron chi connectivity index (χ4n) is 3.46. The lowest BCUT2D eigenvalue weighted by molar-refractivity contribution is -0.0492. The second kappa shape index (κ2) is 14.2. The van der Waals surface area contributed by atoms with Gasteiger partial charge in [-0.05, 0) is 39.2 Å². The Hall–Kier alpha value is -0.120. The highest BCUT2D eigenvalue weighted by Crippen LogP contribution is 2.17. The van der Waals surface area contributed by atoms with Gasteiger partial charge < -0.3 is 15.2 Å². The van der Waals surface area contributed by atoms with Crippen molar-refractivity contribution in [2.75, 3.05) is 13.2 Å². The molecule has 0 spiro atoms. The quantitative estimate of drug-likeness (QED) is 0.450. The second-order valence-corrected chi connectivity index (χ2v) is 7.44. The number of aliphatic hydroxyl groups excluding tert-OH is 1. The van der Waals surface area contributed by atoms with Gasteiger partial charge in [-0.3, -0.25) is 0 Å². The Morgan fingerprint density at radius 3 is 2.22 bits per heavy atom. The minimum Gasteiger partial charge on any atom is -0.393 e. The molecule has 0 bridgehead atoms. The Balaban J connectivity index is 1.83. The van der Waals surface area contributed by atoms with Crippen LogP contribution in [0.5, 0.6) is 0 Å². The Morgan fingerprint density at radius 2 is 1.61 bits per heavy atom. The maximum absolute atomic E-state index is 9.67. The van der Waals surface area contributed by atoms with Crippen LogP contribution in [0.4, 0.5) is 0 Å². The zero-order valence-corrected chi connectivity index (χ0v) is 15.7. The van der Waals surface area contributed by atoms with Gasteiger partial charge >= 0.3 is 0 Å². The molecule has 0 saturated carbocycles. The van der Waals surface area contributed by atoms with Gasteiger partial charge in [-0.25, -0.2) is 0 Å². The Kier molecular flexibility index (Phi) is 13.0. The molecule has 0 radical (unpaired) electrons. The molecule has 1 heterocycles. The number of unbranched alkanes of at least 4 members (excludes halogenated alkanes) is 9. The lowest BCUT2D eigenvalue weighted by atomic mass is 10.0. The van der Waals surface area contributed by atoms with E-state index >= 15 is 0 Å². The normalized spacial score (nSPS) is 23.1. The molecule has 138 valence electrons. The van der Waals surface area contributed by atoms with Gasteiger partial charge in [0.25, 0.3) is 0 Å². The van der Waals surface area contributed by atoms with Gasteiger partial charge in [0.15, 0.2) is 0 Å². The first kappa shape index (κ1) is 20.9. The van der Waals surface area contributed by atoms with E-state index in [1.165, 1.54) is 64.2 Å². The lowest BCUT2D eigenvalue weighted by Crippen LogP contribution is -2.36. The summed E-state index contributed by atoms with van der Waals surface area (Å²) >= 11 is 0. The third kappa shape index (κ3) is 12.0. The smallest absolute Gasteiger partial charge is 0.0614 e. The number of hydrogen-bond donors (Lipinski definition) is 2. The van der Waals surface area contributed by atoms with E-state index in [2.05, 4.69) is 19.2 Å². The maximum Gasteiger partial charge on any atom is 0.0614 e. The Morgan fingerprint density at radius 1 is 1.00 bits per heavy atom. The molecule has 1 aliphatic heterocycles. The molecule has 0 aromatic heterocycles. The van der Waals surface area contributed by atoms with Crippen molar-refractivity contribution in [3.8, 4) is 0 Å². The van der Waals surface area contributed by atoms with Gasteiger partial charge in [-0.1, -0.05) is 64.7 Å². The van der Waals surface area contributed by atoms with Crippen LogP contribution in [0.25, 0.3) is 0 Å². The van der Waals surface area contributed by atoms with E-state index in [0.29, 0.717) is 6.04 Å². The summed E-state index contributed by atoms with van der Waals surface area (Å²) in [6, 6.07) is 0.490. The van der Waals surface area contributed by atoms with Gasteiger partial charge in [0, 0.05) is 12.6 Å². The molecule has 2 N–H and O–H groups in total. The van der Waals surface area contributed by atoms with Crippen molar-refractivity contribution in [2.24, 2.45) is 0 Å². The van der Waals surface area contributed by atoms with Gasteiger partial charge in [0.05, 0.1) is 12.2 Å². The zero-order chi connectivity index (χ0) is 16.8. The monoisotopic (exact) mass is 327 g/mol. The highest BCUT2D eigenvalue weighted by Gasteiger charge is 2.22. The molecular formula is C20H41NO2. The van der Waals surface area contributed by atoms with E-state index < -0.39 is 0 Å². The summed E-state index contributed by atoms with van der Waals surface area (Å²) in [5.74, 6) is 0. The van der Waals surface area contributed by atoms with Gasteiger partial charge in [0.2, 0.25) is 0 Å². The average molecular weight is 328 g/mol. The molecule has 3 heteroatoms. The molecule has 0 aliphatic carbocycles. The molecule has 3 nitrogen and oxygen atoms in total. The predicted octanol–water partition coefficient (Wildman–Crippen LogP) is 4.82. The first-order chi connectivity index (χ1) is 11.2. The van der Waals surface area contributed by atoms with E-state index in [9.17, 15) is 5.11 Å². The Labute approximate surface area is 144 Å². The lowest BCUT2D eigenvalue weighted by Gasteiger charge is -2.28. The van der Waals surface area contributed by atoms with Crippen LogP contribution >= 0.6 is 0 Å². The van der Waals surface area contributed by atoms with E-state index in [0.717, 1.165) is 32.4 Å². The van der Waals surface area contributed by atoms with Crippen LogP contribution in [0.15, 0.2) is 0 Å². The topological polar surface area (TPSA) is 41.5 Å². The molecule has 3 unspecified atom stereocenters. The number of aliphatic hydroxyl groups is 1. The molecule has 1 aliphatic rings. The van der Waals surface area contributed by atoms with Gasteiger partial charge in [-0.15, -0.1) is 0 Å². The summed E-state index contributed by atoms with van der Waals surface area (Å²) in [5, 5.41) is 13.3. The van der Waals surface area contributed by atoms with Crippen molar-refractivity contribution in [2.45, 2.75) is 116 Å². The third-order valence-electron chi connectivity index (χ3n) is 4.98. The van der Waals surface area contributed by atoms with Crippen LogP contribution in [-0.2, 0) is 4.74 Å². The highest BCUT2D eigenvalue weighted by atomic mass is 16.5. The molecule has 0 aromatic rings. The van der Waals surface area contributed by atoms with Crippen LogP contribution < -0.4 is 5.32 Å². The molecule has 1 rings (SSSR count). The van der Waals surface area contributed by atoms with Gasteiger partial charge in [0.1, 0.15) is 0 Å². The van der Waals surface area contributed by atoms with Crippen LogP contribution in [-0.4, -0.2) is 36.5 Å². The molecule has 3 atom stereocenters. The SMILES string of the molecule is CCCCCCCCCCCCNC(C)CC1CC(O)CCO1. The van der Waals surface area contributed by atoms with Crippen LogP contribution in [0.1, 0.15) is 97.3 Å². The summed E-state index contributed by atoms with van der Waals surface area (Å²) in [4.78, 5) is 0. The second-order valence-electron chi connectivity index (χ2n) is 7.44. The number of hydrogen-bond acceptors (Lipinski definition) is 3. The van der Waals surface area contributed by atoms with Crippen LogP contribution in [0.3, 0.4) is 0 Å². The number of rotatable bonds is 14. The first-order valence-corrected chi connectivity index (χ1v) is 10.3. The van der Waals surface area contributed by atoms with E-state index in [1.807, 2.05) is 0 Å². The summed E-state index contributed by atoms with van der Waals surface area (Å²) in [5.41, 5.74) is 0. The summed E-state index contributed by atoms with van der Waals surface area (Å²) in [6.07, 6.45) is 16.7. The van der Waals surface area contributed by atoms with Crippen molar-refractivity contribution in [1.29, 1.82) is 0 Å². The molecule has 0 amide bonds. The average Bonchev–Trinajstić information content (AvgIpc) is 2.52. The highest BCUT2D eigenvalue weighted by molar-refractivity contribution is 4.75. The van der Waals surface area contributed by atoms with E-state index in [4.69, 9.17) is 4.74 Å². The summed E-state index contributed by atoms with van der Waals surface area (Å²) in [7, 11) is 0. The standard InChI is InChI=1S/C20H41NO2/c1-3-4-5-6-7-8-9-10-11-12-14-21-18(2)16-20-17-19(22)13-15-23-20/h18-22H,3-17H2,1-2H3. The molecule has 23 heavy (non-hydrogen) atoms. The fraction of sp³-hybridized carbons (Fsp3) is 1.00. The molecule has 1 fully saturated rings. The fourth-order valence-corrected chi connectivity index (χ4v) is 3.46. The molecular weight excluding hydrogens is 286 g/mol. The summed E-state index contributed by atoms with van der Waals surface area (Å²) < 4.78 is 5.73. The maximum atomic E-state index is 9.67. The Bertz CT molecular complexity index is 260. The summed E-state index contributed by atoms with van der Waals surface area (Å²) in [6.45, 7) is 6.35. The molecule has 1 saturated heterocycles. The largest absolute Gasteiger partial charge is 0.393 e. The van der Waals surface area contributed by atoms with Crippen LogP contribution in [0, 0.1) is 0 Å². The van der Waals surface area contributed by atoms with Crippen molar-refractivity contribution in [3.05, 3.63) is 0 Å². The van der Waals surface area contributed by atoms with E-state index in [-0.39, 0.29) is 12.2 Å². The predicted molar refractivity (Wildman–Crippen MR) is 98.9 cm³/mol. The third-order valence-corrected chi connectivity index (χ3v) is 4.98. The minimum absolute atomic E-state index is 0.150. The van der Waals surface area contributed by atoms with Crippen LogP contribution in [0.2, 0.25) is 0 Å². The minimum atomic E-state index is -0.150. The number of ether oxygens (including phenoxy) is 1. The molecule has 0 aromatic carbocycles. The van der Waals surface area contributed by atoms with Crippen molar-refractivity contribution < 1.29 is 9.84 Å². The zero-order valence-electron chi connectivity index (χ0n) is 15.7. The van der Waals surface area contributed by atoms with Crippen molar-refractivity contribution in [3.63, 3.8) is 0 Å². The van der Waals surface area contributed by atoms with Gasteiger partial charge in [-0.2, -0.15) is 0 Å². The van der Waals surface area contributed by atoms with Crippen molar-refractivity contribution in [1.82, 2.24) is 5.32 Å². The number of nitrogens with one attached hydrogen (secondary N) is 1. The first-order valence-electron chi connectivity index (χ1n) is 10.3. The van der Waals surface area contributed by atoms with E-state index in [1.54, 1.807) is 0 Å². The van der Waals surface area contributed by atoms with Crippen molar-refractivity contribution >= 4 is 0 Å².